The van der Waals surface area contributed by atoms with Crippen molar-refractivity contribution < 1.29 is 4.42 Å². The van der Waals surface area contributed by atoms with Crippen LogP contribution in [0, 0.1) is 5.92 Å². The van der Waals surface area contributed by atoms with Crippen molar-refractivity contribution in [3.63, 3.8) is 0 Å². The van der Waals surface area contributed by atoms with Crippen LogP contribution in [-0.4, -0.2) is 30.7 Å². The number of anilines is 1. The van der Waals surface area contributed by atoms with Gasteiger partial charge in [0, 0.05) is 31.3 Å². The lowest BCUT2D eigenvalue weighted by Gasteiger charge is -2.38. The van der Waals surface area contributed by atoms with Crippen LogP contribution in [0.2, 0.25) is 0 Å². The number of aromatic nitrogens is 1. The molecule has 0 spiro atoms. The molecule has 4 heteroatoms. The standard InChI is InChI=1S/C14H17N3O/c1-2-10-7-15-13(10)9-17(4-1)11-6-14-12(16-8-11)3-5-18-14/h3,5-6,8,10,13,15H,1-2,4,7,9H2. The average Bonchev–Trinajstić information content (AvgIpc) is 2.78. The quantitative estimate of drug-likeness (QED) is 0.832. The molecule has 1 N–H and O–H groups in total. The van der Waals surface area contributed by atoms with Crippen molar-refractivity contribution in [2.75, 3.05) is 24.5 Å². The fraction of sp³-hybridized carbons (Fsp3) is 0.500. The molecule has 18 heavy (non-hydrogen) atoms. The Morgan fingerprint density at radius 3 is 3.33 bits per heavy atom. The molecule has 2 aromatic heterocycles. The van der Waals surface area contributed by atoms with E-state index >= 15 is 0 Å². The Hall–Kier alpha value is -1.55. The van der Waals surface area contributed by atoms with Crippen molar-refractivity contribution in [2.24, 2.45) is 5.92 Å². The summed E-state index contributed by atoms with van der Waals surface area (Å²) in [6.45, 7) is 3.43. The topological polar surface area (TPSA) is 41.3 Å². The molecular formula is C14H17N3O. The van der Waals surface area contributed by atoms with Gasteiger partial charge in [-0.1, -0.05) is 0 Å². The van der Waals surface area contributed by atoms with E-state index in [4.69, 9.17) is 4.42 Å². The van der Waals surface area contributed by atoms with E-state index in [0.29, 0.717) is 6.04 Å². The van der Waals surface area contributed by atoms with Crippen molar-refractivity contribution in [3.05, 3.63) is 24.6 Å². The van der Waals surface area contributed by atoms with E-state index in [1.807, 2.05) is 12.3 Å². The Morgan fingerprint density at radius 1 is 1.44 bits per heavy atom. The summed E-state index contributed by atoms with van der Waals surface area (Å²) in [6, 6.07) is 4.69. The van der Waals surface area contributed by atoms with E-state index in [-0.39, 0.29) is 0 Å². The first-order valence-corrected chi connectivity index (χ1v) is 6.72. The predicted molar refractivity (Wildman–Crippen MR) is 70.7 cm³/mol. The fourth-order valence-corrected chi connectivity index (χ4v) is 3.08. The summed E-state index contributed by atoms with van der Waals surface area (Å²) in [7, 11) is 0. The molecule has 2 saturated heterocycles. The SMILES string of the molecule is c1cc2ncc(N3CCCC4CNC4C3)cc2o1. The maximum atomic E-state index is 5.44. The van der Waals surface area contributed by atoms with Gasteiger partial charge in [0.05, 0.1) is 18.1 Å². The molecule has 2 aromatic rings. The van der Waals surface area contributed by atoms with Gasteiger partial charge >= 0.3 is 0 Å². The van der Waals surface area contributed by atoms with Crippen LogP contribution in [0.5, 0.6) is 0 Å². The van der Waals surface area contributed by atoms with Crippen LogP contribution in [0.3, 0.4) is 0 Å². The van der Waals surface area contributed by atoms with Gasteiger partial charge in [0.15, 0.2) is 5.58 Å². The minimum absolute atomic E-state index is 0.666. The summed E-state index contributed by atoms with van der Waals surface area (Å²) < 4.78 is 5.44. The van der Waals surface area contributed by atoms with E-state index < -0.39 is 0 Å². The average molecular weight is 243 g/mol. The highest BCUT2D eigenvalue weighted by molar-refractivity contribution is 5.76. The van der Waals surface area contributed by atoms with Crippen molar-refractivity contribution in [3.8, 4) is 0 Å². The van der Waals surface area contributed by atoms with Crippen LogP contribution in [0.1, 0.15) is 12.8 Å². The second-order valence-corrected chi connectivity index (χ2v) is 5.36. The zero-order valence-corrected chi connectivity index (χ0v) is 10.3. The van der Waals surface area contributed by atoms with E-state index in [1.165, 1.54) is 25.1 Å². The van der Waals surface area contributed by atoms with Gasteiger partial charge in [0.25, 0.3) is 0 Å². The second kappa shape index (κ2) is 3.99. The number of nitrogens with one attached hydrogen (secondary N) is 1. The largest absolute Gasteiger partial charge is 0.463 e. The third-order valence-electron chi connectivity index (χ3n) is 4.28. The molecule has 2 atom stereocenters. The number of nitrogens with zero attached hydrogens (tertiary/aromatic N) is 2. The maximum Gasteiger partial charge on any atom is 0.154 e. The molecule has 2 aliphatic rings. The fourth-order valence-electron chi connectivity index (χ4n) is 3.08. The minimum atomic E-state index is 0.666. The van der Waals surface area contributed by atoms with Crippen LogP contribution in [-0.2, 0) is 0 Å². The molecule has 0 radical (unpaired) electrons. The normalized spacial score (nSPS) is 27.7. The number of furan rings is 1. The monoisotopic (exact) mass is 243 g/mol. The van der Waals surface area contributed by atoms with Crippen LogP contribution in [0.15, 0.2) is 29.0 Å². The molecule has 4 nitrogen and oxygen atoms in total. The molecule has 0 aliphatic carbocycles. The van der Waals surface area contributed by atoms with Gasteiger partial charge in [0.2, 0.25) is 0 Å². The van der Waals surface area contributed by atoms with Gasteiger partial charge in [-0.3, -0.25) is 4.98 Å². The molecule has 4 rings (SSSR count). The third-order valence-corrected chi connectivity index (χ3v) is 4.28. The van der Waals surface area contributed by atoms with Crippen molar-refractivity contribution in [1.82, 2.24) is 10.3 Å². The van der Waals surface area contributed by atoms with Gasteiger partial charge in [-0.25, -0.2) is 0 Å². The summed E-state index contributed by atoms with van der Waals surface area (Å²) in [5, 5.41) is 3.53. The summed E-state index contributed by atoms with van der Waals surface area (Å²) >= 11 is 0. The molecule has 0 bridgehead atoms. The zero-order valence-electron chi connectivity index (χ0n) is 10.3. The zero-order chi connectivity index (χ0) is 11.9. The number of hydrogen-bond donors (Lipinski definition) is 1. The lowest BCUT2D eigenvalue weighted by Crippen LogP contribution is -2.56. The van der Waals surface area contributed by atoms with E-state index in [9.17, 15) is 0 Å². The maximum absolute atomic E-state index is 5.44. The Kier molecular flexibility index (Phi) is 2.30. The van der Waals surface area contributed by atoms with Crippen molar-refractivity contribution in [1.29, 1.82) is 0 Å². The van der Waals surface area contributed by atoms with E-state index in [0.717, 1.165) is 30.1 Å². The number of pyridine rings is 1. The molecule has 0 amide bonds. The van der Waals surface area contributed by atoms with E-state index in [1.54, 1.807) is 6.26 Å². The predicted octanol–water partition coefficient (Wildman–Crippen LogP) is 2.02. The Labute approximate surface area is 106 Å². The van der Waals surface area contributed by atoms with Gasteiger partial charge in [-0.15, -0.1) is 0 Å². The summed E-state index contributed by atoms with van der Waals surface area (Å²) in [6.07, 6.45) is 6.30. The molecule has 2 aliphatic heterocycles. The summed E-state index contributed by atoms with van der Waals surface area (Å²) in [5.41, 5.74) is 3.01. The minimum Gasteiger partial charge on any atom is -0.463 e. The van der Waals surface area contributed by atoms with E-state index in [2.05, 4.69) is 21.3 Å². The van der Waals surface area contributed by atoms with Gasteiger partial charge < -0.3 is 14.6 Å². The first kappa shape index (κ1) is 10.4. The van der Waals surface area contributed by atoms with Crippen molar-refractivity contribution >= 4 is 16.8 Å². The van der Waals surface area contributed by atoms with Crippen LogP contribution in [0.4, 0.5) is 5.69 Å². The lowest BCUT2D eigenvalue weighted by molar-refractivity contribution is 0.234. The number of fused-ring (bicyclic) bond motifs is 2. The lowest BCUT2D eigenvalue weighted by atomic mass is 9.89. The van der Waals surface area contributed by atoms with Gasteiger partial charge in [0.1, 0.15) is 5.52 Å². The molecule has 94 valence electrons. The first-order valence-electron chi connectivity index (χ1n) is 6.72. The smallest absolute Gasteiger partial charge is 0.154 e. The molecular weight excluding hydrogens is 226 g/mol. The Balaban J connectivity index is 1.64. The summed E-state index contributed by atoms with van der Waals surface area (Å²) in [4.78, 5) is 6.89. The van der Waals surface area contributed by atoms with Gasteiger partial charge in [-0.05, 0) is 25.3 Å². The first-order chi connectivity index (χ1) is 8.90. The molecule has 0 saturated carbocycles. The second-order valence-electron chi connectivity index (χ2n) is 5.36. The van der Waals surface area contributed by atoms with Gasteiger partial charge in [-0.2, -0.15) is 0 Å². The molecule has 4 heterocycles. The molecule has 0 aromatic carbocycles. The summed E-state index contributed by atoms with van der Waals surface area (Å²) in [5.74, 6) is 0.885. The van der Waals surface area contributed by atoms with Crippen LogP contribution >= 0.6 is 0 Å². The molecule has 2 fully saturated rings. The van der Waals surface area contributed by atoms with Crippen molar-refractivity contribution in [2.45, 2.75) is 18.9 Å². The Bertz CT molecular complexity index is 565. The van der Waals surface area contributed by atoms with Crippen LogP contribution < -0.4 is 10.2 Å². The number of hydrogen-bond acceptors (Lipinski definition) is 4. The van der Waals surface area contributed by atoms with Crippen LogP contribution in [0.25, 0.3) is 11.1 Å². The highest BCUT2D eigenvalue weighted by atomic mass is 16.3. The third kappa shape index (κ3) is 1.60. The molecule has 2 unspecified atom stereocenters. The highest BCUT2D eigenvalue weighted by Gasteiger charge is 2.33. The Morgan fingerprint density at radius 2 is 2.44 bits per heavy atom. The number of rotatable bonds is 1. The highest BCUT2D eigenvalue weighted by Crippen LogP contribution is 2.28.